The number of benzene rings is 2. The Morgan fingerprint density at radius 1 is 0.911 bits per heavy atom. The minimum Gasteiger partial charge on any atom is -0.502 e. The van der Waals surface area contributed by atoms with E-state index in [0.29, 0.717) is 11.3 Å². The van der Waals surface area contributed by atoms with E-state index in [0.717, 1.165) is 4.57 Å². The number of ketones is 2. The molecule has 3 atom stereocenters. The smallest absolute Gasteiger partial charge is 0.332 e. The van der Waals surface area contributed by atoms with Gasteiger partial charge in [0.05, 0.1) is 34.0 Å². The topological polar surface area (TPSA) is 157 Å². The van der Waals surface area contributed by atoms with Gasteiger partial charge in [-0.2, -0.15) is 0 Å². The number of halogens is 1. The molecule has 1 spiro atoms. The van der Waals surface area contributed by atoms with Gasteiger partial charge in [0, 0.05) is 43.3 Å². The van der Waals surface area contributed by atoms with E-state index in [-0.39, 0.29) is 68.5 Å². The highest BCUT2D eigenvalue weighted by Gasteiger charge is 2.64. The number of nitrogens with zero attached hydrogens (tertiary/aromatic N) is 2. The Labute approximate surface area is 261 Å². The molecule has 0 bridgehead atoms. The lowest BCUT2D eigenvalue weighted by atomic mass is 9.66. The molecule has 6 rings (SSSR count). The summed E-state index contributed by atoms with van der Waals surface area (Å²) in [6, 6.07) is 4.40. The number of aromatic nitrogens is 2. The van der Waals surface area contributed by atoms with Crippen LogP contribution in [0, 0.1) is 5.92 Å². The van der Waals surface area contributed by atoms with Crippen LogP contribution in [-0.4, -0.2) is 59.8 Å². The van der Waals surface area contributed by atoms with Gasteiger partial charge in [0.2, 0.25) is 22.9 Å². The van der Waals surface area contributed by atoms with Crippen LogP contribution in [0.15, 0.2) is 39.1 Å². The predicted octanol–water partition coefficient (Wildman–Crippen LogP) is 2.91. The third-order valence-corrected chi connectivity index (χ3v) is 9.27. The van der Waals surface area contributed by atoms with E-state index in [1.807, 2.05) is 0 Å². The first-order chi connectivity index (χ1) is 21.4. The number of hydrogen-bond donors (Lipinski definition) is 2. The molecular weight excluding hydrogens is 610 g/mol. The summed E-state index contributed by atoms with van der Waals surface area (Å²) >= 11 is 6.61. The highest BCUT2D eigenvalue weighted by molar-refractivity contribution is 6.36. The summed E-state index contributed by atoms with van der Waals surface area (Å²) in [4.78, 5) is 56.3. The van der Waals surface area contributed by atoms with Gasteiger partial charge in [-0.05, 0) is 24.1 Å². The first-order valence-electron chi connectivity index (χ1n) is 13.9. The van der Waals surface area contributed by atoms with Crippen molar-refractivity contribution >= 4 is 29.0 Å². The van der Waals surface area contributed by atoms with Crippen LogP contribution in [-0.2, 0) is 18.9 Å². The summed E-state index contributed by atoms with van der Waals surface area (Å²) in [5.41, 5.74) is -2.47. The summed E-state index contributed by atoms with van der Waals surface area (Å²) in [5, 5.41) is 13.8. The number of ether oxygens (including phenoxy) is 5. The van der Waals surface area contributed by atoms with E-state index < -0.39 is 40.3 Å². The molecule has 2 aliphatic heterocycles. The van der Waals surface area contributed by atoms with Crippen LogP contribution in [0.5, 0.6) is 34.5 Å². The highest BCUT2D eigenvalue weighted by atomic mass is 35.5. The Kier molecular flexibility index (Phi) is 6.92. The molecule has 3 heterocycles. The number of aromatic hydroxyl groups is 1. The zero-order valence-electron chi connectivity index (χ0n) is 25.5. The lowest BCUT2D eigenvalue weighted by Gasteiger charge is -2.42. The quantitative estimate of drug-likeness (QED) is 0.396. The number of hydrogen-bond acceptors (Lipinski definition) is 11. The van der Waals surface area contributed by atoms with E-state index in [1.54, 1.807) is 6.92 Å². The number of rotatable bonds is 5. The number of phenolic OH excluding ortho intramolecular Hbond substituents is 1. The highest BCUT2D eigenvalue weighted by Crippen LogP contribution is 2.57. The maximum atomic E-state index is 15.0. The van der Waals surface area contributed by atoms with Crippen molar-refractivity contribution in [1.29, 1.82) is 0 Å². The van der Waals surface area contributed by atoms with E-state index in [2.05, 4.69) is 5.32 Å². The molecule has 1 aromatic heterocycles. The Hall–Kier alpha value is -4.91. The number of methoxy groups -OCH3 is 4. The van der Waals surface area contributed by atoms with Crippen LogP contribution in [0.3, 0.4) is 0 Å². The summed E-state index contributed by atoms with van der Waals surface area (Å²) in [6.07, 6.45) is 0.115. The molecule has 2 aromatic carbocycles. The van der Waals surface area contributed by atoms with Gasteiger partial charge >= 0.3 is 5.69 Å². The second-order valence-electron chi connectivity index (χ2n) is 11.1. The van der Waals surface area contributed by atoms with Gasteiger partial charge in [0.1, 0.15) is 27.9 Å². The molecule has 13 nitrogen and oxygen atoms in total. The molecule has 2 N–H and O–H groups in total. The van der Waals surface area contributed by atoms with E-state index >= 15 is 4.79 Å². The van der Waals surface area contributed by atoms with E-state index in [4.69, 9.17) is 35.3 Å². The third-order valence-electron chi connectivity index (χ3n) is 8.91. The molecule has 0 fully saturated rings. The summed E-state index contributed by atoms with van der Waals surface area (Å²) in [5.74, 6) is -3.05. The van der Waals surface area contributed by atoms with Crippen molar-refractivity contribution in [2.75, 3.05) is 33.8 Å². The van der Waals surface area contributed by atoms with E-state index in [9.17, 15) is 19.5 Å². The van der Waals surface area contributed by atoms with E-state index in [1.165, 1.54) is 65.3 Å². The maximum Gasteiger partial charge on any atom is 0.332 e. The van der Waals surface area contributed by atoms with Crippen molar-refractivity contribution in [2.24, 2.45) is 20.0 Å². The Morgan fingerprint density at radius 2 is 1.51 bits per heavy atom. The fourth-order valence-corrected chi connectivity index (χ4v) is 6.87. The lowest BCUT2D eigenvalue weighted by molar-refractivity contribution is -0.130. The minimum absolute atomic E-state index is 0.000416. The van der Waals surface area contributed by atoms with Gasteiger partial charge in [0.15, 0.2) is 17.2 Å². The zero-order chi connectivity index (χ0) is 32.7. The van der Waals surface area contributed by atoms with Gasteiger partial charge in [-0.25, -0.2) is 4.79 Å². The molecule has 3 aliphatic rings. The summed E-state index contributed by atoms with van der Waals surface area (Å²) in [6.45, 7) is 1.70. The molecule has 1 aliphatic carbocycles. The number of allylic oxidation sites excluding steroid dienone is 1. The first-order valence-corrected chi connectivity index (χ1v) is 14.2. The van der Waals surface area contributed by atoms with Crippen molar-refractivity contribution in [2.45, 2.75) is 24.9 Å². The lowest BCUT2D eigenvalue weighted by Crippen LogP contribution is -2.58. The standard InChI is InChI=1S/C31H30ClN3O10/c1-12-8-14-20(26(37)31(12)27(38)21-15(41-4)11-16(42-5)23(32)25(21)45-31)19(13-9-17(43-6)24(36)18(10-13)44-7)22-28(33-14)34(2)30(40)35(3)29(22)39/h9-12,19,33,36H,8H2,1-7H3/t12-,19+,31+/m1/s1. The van der Waals surface area contributed by atoms with Crippen molar-refractivity contribution in [1.82, 2.24) is 9.13 Å². The van der Waals surface area contributed by atoms with Gasteiger partial charge in [-0.1, -0.05) is 18.5 Å². The molecule has 0 amide bonds. The molecule has 0 radical (unpaired) electrons. The molecule has 0 unspecified atom stereocenters. The van der Waals surface area contributed by atoms with Crippen LogP contribution >= 0.6 is 11.6 Å². The number of anilines is 1. The van der Waals surface area contributed by atoms with Gasteiger partial charge in [-0.3, -0.25) is 23.5 Å². The molecule has 3 aromatic rings. The monoisotopic (exact) mass is 639 g/mol. The number of carbonyl (C=O) groups excluding carboxylic acids is 2. The largest absolute Gasteiger partial charge is 0.502 e. The average molecular weight is 640 g/mol. The average Bonchev–Trinajstić information content (AvgIpc) is 3.35. The molecular formula is C31H30ClN3O10. The number of phenols is 1. The number of Topliss-reactive ketones (excluding diaryl/α,β-unsaturated/α-hetero) is 2. The normalized spacial score (nSPS) is 21.5. The Morgan fingerprint density at radius 3 is 2.09 bits per heavy atom. The molecule has 14 heteroatoms. The Balaban J connectivity index is 1.65. The van der Waals surface area contributed by atoms with Crippen molar-refractivity contribution in [3.05, 3.63) is 72.0 Å². The Bertz CT molecular complexity index is 1970. The van der Waals surface area contributed by atoms with Crippen molar-refractivity contribution in [3.63, 3.8) is 0 Å². The minimum atomic E-state index is -2.07. The van der Waals surface area contributed by atoms with Gasteiger partial charge in [-0.15, -0.1) is 0 Å². The van der Waals surface area contributed by atoms with Crippen molar-refractivity contribution < 1.29 is 38.4 Å². The maximum absolute atomic E-state index is 15.0. The SMILES string of the molecule is COc1cc([C@H]2C3=C(C[C@@H](C)[C@]4(Oc5c(Cl)c(OC)cc(OC)c5C4=O)C3=O)Nc3c2c(=O)n(C)c(=O)n3C)cc(OC)c1O. The third kappa shape index (κ3) is 3.86. The van der Waals surface area contributed by atoms with Crippen LogP contribution < -0.4 is 40.3 Å². The van der Waals surface area contributed by atoms with Crippen LogP contribution in [0.4, 0.5) is 5.82 Å². The van der Waals surface area contributed by atoms with Crippen LogP contribution in [0.25, 0.3) is 0 Å². The first kappa shape index (κ1) is 30.1. The molecule has 0 saturated carbocycles. The number of nitrogens with one attached hydrogen (secondary N) is 1. The second-order valence-corrected chi connectivity index (χ2v) is 11.5. The second kappa shape index (κ2) is 10.3. The van der Waals surface area contributed by atoms with Gasteiger partial charge < -0.3 is 34.1 Å². The summed E-state index contributed by atoms with van der Waals surface area (Å²) in [7, 11) is 8.30. The van der Waals surface area contributed by atoms with Crippen LogP contribution in [0.2, 0.25) is 5.02 Å². The zero-order valence-corrected chi connectivity index (χ0v) is 26.2. The molecule has 0 saturated heterocycles. The van der Waals surface area contributed by atoms with Crippen LogP contribution in [0.1, 0.15) is 40.7 Å². The summed E-state index contributed by atoms with van der Waals surface area (Å²) < 4.78 is 30.2. The predicted molar refractivity (Wildman–Crippen MR) is 162 cm³/mol. The number of carbonyl (C=O) groups is 2. The fraction of sp³-hybridized carbons (Fsp3) is 0.355. The van der Waals surface area contributed by atoms with Crippen molar-refractivity contribution in [3.8, 4) is 34.5 Å². The fourth-order valence-electron chi connectivity index (χ4n) is 6.60. The molecule has 45 heavy (non-hydrogen) atoms. The molecule has 236 valence electrons. The number of fused-ring (bicyclic) bond motifs is 2. The van der Waals surface area contributed by atoms with Gasteiger partial charge in [0.25, 0.3) is 5.56 Å².